The van der Waals surface area contributed by atoms with E-state index in [9.17, 15) is 14.7 Å². The highest BCUT2D eigenvalue weighted by Crippen LogP contribution is 2.36. The van der Waals surface area contributed by atoms with Crippen LogP contribution in [-0.2, 0) is 14.3 Å². The van der Waals surface area contributed by atoms with Crippen molar-refractivity contribution < 1.29 is 24.2 Å². The van der Waals surface area contributed by atoms with Gasteiger partial charge in [-0.2, -0.15) is 0 Å². The number of aliphatic imine (C=N–C) groups is 1. The summed E-state index contributed by atoms with van der Waals surface area (Å²) in [5, 5.41) is 12.9. The van der Waals surface area contributed by atoms with E-state index in [0.29, 0.717) is 31.2 Å². The third-order valence-electron chi connectivity index (χ3n) is 5.96. The number of piperazine rings is 1. The summed E-state index contributed by atoms with van der Waals surface area (Å²) in [4.78, 5) is 34.9. The van der Waals surface area contributed by atoms with Crippen LogP contribution >= 0.6 is 0 Å². The minimum absolute atomic E-state index is 0.0141. The van der Waals surface area contributed by atoms with Gasteiger partial charge < -0.3 is 24.4 Å². The van der Waals surface area contributed by atoms with Crippen molar-refractivity contribution in [3.05, 3.63) is 54.1 Å². The van der Waals surface area contributed by atoms with Crippen LogP contribution in [0.15, 0.2) is 53.5 Å². The second kappa shape index (κ2) is 10.5. The Hall–Kier alpha value is -3.75. The number of aromatic hydroxyl groups is 1. The molecule has 2 aliphatic rings. The number of hydrogen-bond donors (Lipinski definition) is 2. The van der Waals surface area contributed by atoms with Gasteiger partial charge in [-0.3, -0.25) is 14.9 Å². The van der Waals surface area contributed by atoms with Crippen molar-refractivity contribution in [2.75, 3.05) is 44.3 Å². The summed E-state index contributed by atoms with van der Waals surface area (Å²) >= 11 is 0. The van der Waals surface area contributed by atoms with Crippen LogP contribution in [0.4, 0.5) is 5.69 Å². The van der Waals surface area contributed by atoms with E-state index in [-0.39, 0.29) is 18.1 Å². The topological polar surface area (TPSA) is 104 Å². The Balaban J connectivity index is 1.61. The number of nitrogens with zero attached hydrogens (tertiary/aromatic N) is 3. The molecule has 34 heavy (non-hydrogen) atoms. The molecule has 1 amide bonds. The van der Waals surface area contributed by atoms with E-state index in [0.717, 1.165) is 18.8 Å². The van der Waals surface area contributed by atoms with Crippen molar-refractivity contribution in [2.24, 2.45) is 10.9 Å². The van der Waals surface area contributed by atoms with E-state index < -0.39 is 23.8 Å². The van der Waals surface area contributed by atoms with Gasteiger partial charge in [0.25, 0.3) is 0 Å². The number of esters is 1. The molecule has 4 rings (SSSR count). The summed E-state index contributed by atoms with van der Waals surface area (Å²) in [6.45, 7) is 6.93. The molecular weight excluding hydrogens is 436 g/mol. The minimum atomic E-state index is -1.13. The maximum Gasteiger partial charge on any atom is 0.321 e. The zero-order chi connectivity index (χ0) is 24.1. The lowest BCUT2D eigenvalue weighted by Gasteiger charge is -2.39. The van der Waals surface area contributed by atoms with Gasteiger partial charge in [0.05, 0.1) is 13.2 Å². The molecule has 0 bridgehead atoms. The fourth-order valence-corrected chi connectivity index (χ4v) is 4.27. The molecule has 2 aromatic carbocycles. The van der Waals surface area contributed by atoms with E-state index in [4.69, 9.17) is 14.5 Å². The second-order valence-electron chi connectivity index (χ2n) is 8.09. The Kier molecular flexibility index (Phi) is 7.20. The molecule has 9 nitrogen and oxygen atoms in total. The van der Waals surface area contributed by atoms with Crippen molar-refractivity contribution >= 4 is 23.5 Å². The molecule has 0 spiro atoms. The standard InChI is InChI=1S/C25H30N4O5/c1-3-33-20-16-17(10-11-19(20)30)22-21(24(32)34-4-2)23(31)27-25(26-22)29-14-12-28(13-15-29)18-8-6-5-7-9-18/h5-11,16,21-22,30H,3-4,12-15H2,1-2H3,(H,26,27,31)/t21-,22+/m1/s1. The first-order valence-corrected chi connectivity index (χ1v) is 11.6. The van der Waals surface area contributed by atoms with Gasteiger partial charge in [0.2, 0.25) is 11.9 Å². The third-order valence-corrected chi connectivity index (χ3v) is 5.96. The van der Waals surface area contributed by atoms with Crippen LogP contribution in [-0.4, -0.2) is 67.2 Å². The number of anilines is 1. The summed E-state index contributed by atoms with van der Waals surface area (Å²) in [5.41, 5.74) is 1.75. The fourth-order valence-electron chi connectivity index (χ4n) is 4.27. The van der Waals surface area contributed by atoms with Gasteiger partial charge in [-0.25, -0.2) is 4.99 Å². The SMILES string of the molecule is CCOC(=O)[C@H]1C(=O)NC(N2CCN(c3ccccc3)CC2)=N[C@H]1c1ccc(O)c(OCC)c1. The van der Waals surface area contributed by atoms with Gasteiger partial charge in [-0.05, 0) is 43.7 Å². The molecule has 0 saturated carbocycles. The molecule has 0 radical (unpaired) electrons. The van der Waals surface area contributed by atoms with Crippen LogP contribution in [0.25, 0.3) is 0 Å². The van der Waals surface area contributed by atoms with Crippen molar-refractivity contribution in [2.45, 2.75) is 19.9 Å². The van der Waals surface area contributed by atoms with Crippen molar-refractivity contribution in [1.29, 1.82) is 0 Å². The summed E-state index contributed by atoms with van der Waals surface area (Å²) < 4.78 is 10.7. The van der Waals surface area contributed by atoms with Crippen LogP contribution in [0.1, 0.15) is 25.5 Å². The molecule has 1 saturated heterocycles. The van der Waals surface area contributed by atoms with Crippen LogP contribution < -0.4 is 15.0 Å². The van der Waals surface area contributed by atoms with Crippen LogP contribution in [0.3, 0.4) is 0 Å². The number of guanidine groups is 1. The maximum absolute atomic E-state index is 13.1. The molecule has 1 fully saturated rings. The van der Waals surface area contributed by atoms with Gasteiger partial charge in [0.15, 0.2) is 17.4 Å². The number of rotatable bonds is 6. The summed E-state index contributed by atoms with van der Waals surface area (Å²) in [6.07, 6.45) is 0. The Morgan fingerprint density at radius 3 is 2.44 bits per heavy atom. The van der Waals surface area contributed by atoms with E-state index in [1.165, 1.54) is 6.07 Å². The minimum Gasteiger partial charge on any atom is -0.504 e. The quantitative estimate of drug-likeness (QED) is 0.497. The van der Waals surface area contributed by atoms with Crippen LogP contribution in [0.5, 0.6) is 11.5 Å². The largest absolute Gasteiger partial charge is 0.504 e. The number of carbonyl (C=O) groups is 2. The number of hydrogen-bond acceptors (Lipinski definition) is 8. The average molecular weight is 467 g/mol. The molecule has 0 aliphatic carbocycles. The lowest BCUT2D eigenvalue weighted by Crippen LogP contribution is -2.57. The number of amides is 1. The lowest BCUT2D eigenvalue weighted by molar-refractivity contribution is -0.153. The Labute approximate surface area is 199 Å². The summed E-state index contributed by atoms with van der Waals surface area (Å²) in [5.74, 6) is -1.51. The Morgan fingerprint density at radius 1 is 1.06 bits per heavy atom. The van der Waals surface area contributed by atoms with Gasteiger partial charge in [0.1, 0.15) is 6.04 Å². The predicted molar refractivity (Wildman–Crippen MR) is 128 cm³/mol. The number of para-hydroxylation sites is 1. The highest BCUT2D eigenvalue weighted by Gasteiger charge is 2.42. The average Bonchev–Trinajstić information content (AvgIpc) is 2.86. The fraction of sp³-hybridized carbons (Fsp3) is 0.400. The molecule has 0 aromatic heterocycles. The number of phenols is 1. The van der Waals surface area contributed by atoms with Crippen LogP contribution in [0, 0.1) is 5.92 Å². The van der Waals surface area contributed by atoms with E-state index in [1.54, 1.807) is 19.1 Å². The normalized spacial score (nSPS) is 20.4. The van der Waals surface area contributed by atoms with Crippen LogP contribution in [0.2, 0.25) is 0 Å². The molecule has 0 unspecified atom stereocenters. The lowest BCUT2D eigenvalue weighted by atomic mass is 9.91. The first kappa shape index (κ1) is 23.4. The highest BCUT2D eigenvalue weighted by atomic mass is 16.5. The molecule has 180 valence electrons. The Bertz CT molecular complexity index is 1050. The van der Waals surface area contributed by atoms with Gasteiger partial charge >= 0.3 is 5.97 Å². The smallest absolute Gasteiger partial charge is 0.321 e. The first-order valence-electron chi connectivity index (χ1n) is 11.6. The summed E-state index contributed by atoms with van der Waals surface area (Å²) in [7, 11) is 0. The zero-order valence-electron chi connectivity index (χ0n) is 19.4. The van der Waals surface area contributed by atoms with Gasteiger partial charge in [0, 0.05) is 31.9 Å². The monoisotopic (exact) mass is 466 g/mol. The number of carbonyl (C=O) groups excluding carboxylic acids is 2. The molecule has 2 N–H and O–H groups in total. The number of nitrogens with one attached hydrogen (secondary N) is 1. The van der Waals surface area contributed by atoms with Crippen molar-refractivity contribution in [3.63, 3.8) is 0 Å². The molecule has 2 aromatic rings. The number of ether oxygens (including phenoxy) is 2. The van der Waals surface area contributed by atoms with Gasteiger partial charge in [-0.15, -0.1) is 0 Å². The summed E-state index contributed by atoms with van der Waals surface area (Å²) in [6, 6.07) is 14.2. The molecule has 2 heterocycles. The molecule has 2 aliphatic heterocycles. The third kappa shape index (κ3) is 4.93. The zero-order valence-corrected chi connectivity index (χ0v) is 19.4. The molecular formula is C25H30N4O5. The highest BCUT2D eigenvalue weighted by molar-refractivity contribution is 6.08. The molecule has 2 atom stereocenters. The number of benzene rings is 2. The van der Waals surface area contributed by atoms with E-state index >= 15 is 0 Å². The van der Waals surface area contributed by atoms with Crippen molar-refractivity contribution in [1.82, 2.24) is 10.2 Å². The first-order chi connectivity index (χ1) is 16.5. The molecule has 9 heteroatoms. The van der Waals surface area contributed by atoms with Crippen molar-refractivity contribution in [3.8, 4) is 11.5 Å². The van der Waals surface area contributed by atoms with E-state index in [2.05, 4.69) is 22.3 Å². The van der Waals surface area contributed by atoms with E-state index in [1.807, 2.05) is 30.0 Å². The second-order valence-corrected chi connectivity index (χ2v) is 8.09. The van der Waals surface area contributed by atoms with Gasteiger partial charge in [-0.1, -0.05) is 24.3 Å². The Morgan fingerprint density at radius 2 is 1.76 bits per heavy atom. The number of phenolic OH excluding ortho intramolecular Hbond substituents is 1. The predicted octanol–water partition coefficient (Wildman–Crippen LogP) is 2.32. The maximum atomic E-state index is 13.1.